The second-order valence-corrected chi connectivity index (χ2v) is 7.68. The molecule has 0 aliphatic rings. The number of aromatic nitrogens is 2. The number of alkyl halides is 3. The monoisotopic (exact) mass is 469 g/mol. The zero-order chi connectivity index (χ0) is 23.8. The highest BCUT2D eigenvalue weighted by molar-refractivity contribution is 6.31. The maximum Gasteiger partial charge on any atom is 0.417 e. The highest BCUT2D eigenvalue weighted by atomic mass is 35.5. The number of hydrogen-bond donors (Lipinski definition) is 1. The van der Waals surface area contributed by atoms with E-state index in [9.17, 15) is 22.8 Å². The van der Waals surface area contributed by atoms with Gasteiger partial charge >= 0.3 is 6.18 Å². The lowest BCUT2D eigenvalue weighted by Gasteiger charge is -2.11. The van der Waals surface area contributed by atoms with Crippen LogP contribution in [0.4, 0.5) is 18.9 Å². The summed E-state index contributed by atoms with van der Waals surface area (Å²) in [6.07, 6.45) is -3.03. The van der Waals surface area contributed by atoms with Gasteiger partial charge in [-0.1, -0.05) is 11.6 Å². The average molecular weight is 470 g/mol. The lowest BCUT2D eigenvalue weighted by Crippen LogP contribution is -2.14. The van der Waals surface area contributed by atoms with Gasteiger partial charge in [0.1, 0.15) is 0 Å². The molecule has 33 heavy (non-hydrogen) atoms. The molecule has 0 aliphatic carbocycles. The molecule has 9 heteroatoms. The number of rotatable bonds is 4. The van der Waals surface area contributed by atoms with Crippen molar-refractivity contribution in [3.05, 3.63) is 99.8 Å². The Hall–Kier alpha value is -3.78. The molecule has 0 spiro atoms. The van der Waals surface area contributed by atoms with Gasteiger partial charge < -0.3 is 5.32 Å². The van der Waals surface area contributed by atoms with E-state index in [1.54, 1.807) is 24.4 Å². The number of anilines is 1. The summed E-state index contributed by atoms with van der Waals surface area (Å²) in [6.45, 7) is 1.81. The number of nitrogens with zero attached hydrogens (tertiary/aromatic N) is 2. The third-order valence-corrected chi connectivity index (χ3v) is 5.19. The summed E-state index contributed by atoms with van der Waals surface area (Å²) in [6, 6.07) is 14.0. The molecule has 1 amide bonds. The number of carbonyl (C=O) groups excluding carboxylic acids is 2. The van der Waals surface area contributed by atoms with Gasteiger partial charge in [0, 0.05) is 28.6 Å². The van der Waals surface area contributed by atoms with Crippen LogP contribution < -0.4 is 5.32 Å². The van der Waals surface area contributed by atoms with Crippen LogP contribution in [0.1, 0.15) is 37.5 Å². The second kappa shape index (κ2) is 8.63. The smallest absolute Gasteiger partial charge is 0.322 e. The van der Waals surface area contributed by atoms with Crippen LogP contribution in [-0.4, -0.2) is 21.7 Å². The van der Waals surface area contributed by atoms with Crippen molar-refractivity contribution in [3.63, 3.8) is 0 Å². The highest BCUT2D eigenvalue weighted by Crippen LogP contribution is 2.35. The third-order valence-electron chi connectivity index (χ3n) is 4.86. The second-order valence-electron chi connectivity index (χ2n) is 7.27. The fourth-order valence-electron chi connectivity index (χ4n) is 3.20. The number of carbonyl (C=O) groups is 2. The number of aryl methyl sites for hydroxylation is 1. The van der Waals surface area contributed by atoms with Gasteiger partial charge in [-0.25, -0.2) is 4.98 Å². The van der Waals surface area contributed by atoms with Crippen LogP contribution in [0.2, 0.25) is 5.02 Å². The molecule has 0 aliphatic heterocycles. The largest absolute Gasteiger partial charge is 0.417 e. The molecule has 5 nitrogen and oxygen atoms in total. The fourth-order valence-corrected chi connectivity index (χ4v) is 3.43. The zero-order valence-corrected chi connectivity index (χ0v) is 17.8. The summed E-state index contributed by atoms with van der Waals surface area (Å²) in [7, 11) is 0. The van der Waals surface area contributed by atoms with E-state index in [1.165, 1.54) is 30.3 Å². The minimum Gasteiger partial charge on any atom is -0.322 e. The van der Waals surface area contributed by atoms with Crippen molar-refractivity contribution < 1.29 is 22.8 Å². The molecule has 1 heterocycles. The van der Waals surface area contributed by atoms with Crippen LogP contribution in [-0.2, 0) is 6.18 Å². The van der Waals surface area contributed by atoms with Gasteiger partial charge in [-0.3, -0.25) is 14.6 Å². The lowest BCUT2D eigenvalue weighted by molar-refractivity contribution is -0.137. The molecule has 0 unspecified atom stereocenters. The van der Waals surface area contributed by atoms with Gasteiger partial charge in [-0.05, 0) is 67.6 Å². The molecule has 0 saturated carbocycles. The van der Waals surface area contributed by atoms with Crippen LogP contribution in [0.3, 0.4) is 0 Å². The Balaban J connectivity index is 1.52. The van der Waals surface area contributed by atoms with Gasteiger partial charge in [-0.2, -0.15) is 13.2 Å². The molecule has 0 radical (unpaired) electrons. The van der Waals surface area contributed by atoms with Crippen molar-refractivity contribution in [2.75, 3.05) is 5.32 Å². The Bertz CT molecular complexity index is 1390. The molecule has 4 rings (SSSR count). The Labute approximate surface area is 191 Å². The Kier molecular flexibility index (Phi) is 5.86. The highest BCUT2D eigenvalue weighted by Gasteiger charge is 2.33. The summed E-state index contributed by atoms with van der Waals surface area (Å²) < 4.78 is 39.1. The first-order valence-corrected chi connectivity index (χ1v) is 10.1. The molecule has 0 bridgehead atoms. The van der Waals surface area contributed by atoms with Crippen molar-refractivity contribution in [1.82, 2.24) is 9.97 Å². The van der Waals surface area contributed by atoms with E-state index in [0.717, 1.165) is 11.8 Å². The Morgan fingerprint density at radius 2 is 1.55 bits per heavy atom. The number of benzene rings is 3. The summed E-state index contributed by atoms with van der Waals surface area (Å²) in [5.41, 5.74) is 1.85. The lowest BCUT2D eigenvalue weighted by atomic mass is 10.0. The number of ketones is 1. The molecule has 0 atom stereocenters. The Morgan fingerprint density at radius 3 is 2.24 bits per heavy atom. The molecule has 4 aromatic rings. The Morgan fingerprint density at radius 1 is 0.879 bits per heavy atom. The van der Waals surface area contributed by atoms with E-state index >= 15 is 0 Å². The normalized spacial score (nSPS) is 11.4. The minimum absolute atomic E-state index is 0.195. The summed E-state index contributed by atoms with van der Waals surface area (Å²) in [4.78, 5) is 33.9. The van der Waals surface area contributed by atoms with Crippen LogP contribution in [0.25, 0.3) is 11.0 Å². The minimum atomic E-state index is -4.68. The van der Waals surface area contributed by atoms with E-state index in [2.05, 4.69) is 15.3 Å². The van der Waals surface area contributed by atoms with Crippen molar-refractivity contribution in [3.8, 4) is 0 Å². The maximum absolute atomic E-state index is 13.0. The van der Waals surface area contributed by atoms with E-state index in [-0.39, 0.29) is 11.3 Å². The van der Waals surface area contributed by atoms with E-state index in [0.29, 0.717) is 33.9 Å². The summed E-state index contributed by atoms with van der Waals surface area (Å²) in [5, 5.41) is 2.02. The van der Waals surface area contributed by atoms with Gasteiger partial charge in [0.25, 0.3) is 5.91 Å². The first-order valence-electron chi connectivity index (χ1n) is 9.68. The predicted octanol–water partition coefficient (Wildman–Crippen LogP) is 6.09. The van der Waals surface area contributed by atoms with Gasteiger partial charge in [0.2, 0.25) is 0 Å². The van der Waals surface area contributed by atoms with E-state index in [1.807, 2.05) is 6.92 Å². The summed E-state index contributed by atoms with van der Waals surface area (Å²) in [5.74, 6) is -0.981. The van der Waals surface area contributed by atoms with Crippen LogP contribution in [0.5, 0.6) is 0 Å². The fraction of sp³-hybridized carbons (Fsp3) is 0.0833. The molecule has 0 saturated heterocycles. The predicted molar refractivity (Wildman–Crippen MR) is 119 cm³/mol. The average Bonchev–Trinajstić information content (AvgIpc) is 2.78. The maximum atomic E-state index is 13.0. The number of fused-ring (bicyclic) bond motifs is 1. The number of hydrogen-bond acceptors (Lipinski definition) is 4. The van der Waals surface area contributed by atoms with Crippen molar-refractivity contribution in [2.24, 2.45) is 0 Å². The molecule has 0 fully saturated rings. The molecular weight excluding hydrogens is 455 g/mol. The zero-order valence-electron chi connectivity index (χ0n) is 17.1. The number of halogens is 4. The van der Waals surface area contributed by atoms with Crippen LogP contribution in [0, 0.1) is 6.92 Å². The van der Waals surface area contributed by atoms with Gasteiger partial charge in [0.15, 0.2) is 5.78 Å². The van der Waals surface area contributed by atoms with E-state index < -0.39 is 22.7 Å². The third kappa shape index (κ3) is 4.85. The quantitative estimate of drug-likeness (QED) is 0.367. The molecular formula is C24H15ClF3N3O2. The summed E-state index contributed by atoms with van der Waals surface area (Å²) >= 11 is 5.59. The number of amides is 1. The van der Waals surface area contributed by atoms with Crippen molar-refractivity contribution in [1.29, 1.82) is 0 Å². The first kappa shape index (κ1) is 22.4. The van der Waals surface area contributed by atoms with E-state index in [4.69, 9.17) is 11.6 Å². The van der Waals surface area contributed by atoms with Gasteiger partial charge in [-0.15, -0.1) is 0 Å². The molecule has 3 aromatic carbocycles. The van der Waals surface area contributed by atoms with Crippen molar-refractivity contribution in [2.45, 2.75) is 13.1 Å². The standard InChI is InChI=1S/C24H15ClF3N3O2/c1-13-12-29-20-9-5-15(11-21(20)30-13)22(32)14-2-6-17(7-3-14)31-23(33)16-4-8-19(25)18(10-16)24(26,27)28/h2-12H,1H3,(H,31,33). The van der Waals surface area contributed by atoms with Crippen LogP contribution in [0.15, 0.2) is 66.9 Å². The topological polar surface area (TPSA) is 72.0 Å². The first-order chi connectivity index (χ1) is 15.6. The van der Waals surface area contributed by atoms with Crippen molar-refractivity contribution >= 4 is 40.0 Å². The van der Waals surface area contributed by atoms with Crippen LogP contribution >= 0.6 is 11.6 Å². The molecule has 1 aromatic heterocycles. The SMILES string of the molecule is Cc1cnc2ccc(C(=O)c3ccc(NC(=O)c4ccc(Cl)c(C(F)(F)F)c4)cc3)cc2n1. The van der Waals surface area contributed by atoms with Gasteiger partial charge in [0.05, 0.1) is 27.3 Å². The molecule has 1 N–H and O–H groups in total. The molecule has 166 valence electrons. The number of nitrogens with one attached hydrogen (secondary N) is 1.